The number of aryl methyl sites for hydroxylation is 1. The van der Waals surface area contributed by atoms with Crippen molar-refractivity contribution in [3.05, 3.63) is 29.6 Å². The molecule has 4 nitrogen and oxygen atoms in total. The van der Waals surface area contributed by atoms with Gasteiger partial charge in [0, 0.05) is 44.2 Å². The number of hydrogen-bond acceptors (Lipinski definition) is 3. The van der Waals surface area contributed by atoms with Crippen LogP contribution in [0.2, 0.25) is 0 Å². The molecule has 2 aliphatic heterocycles. The lowest BCUT2D eigenvalue weighted by molar-refractivity contribution is -0.132. The zero-order valence-electron chi connectivity index (χ0n) is 13.1. The number of carbonyl (C=O) groups is 1. The quantitative estimate of drug-likeness (QED) is 0.837. The maximum absolute atomic E-state index is 11.7. The van der Waals surface area contributed by atoms with Gasteiger partial charge in [-0.15, -0.1) is 0 Å². The molecule has 114 valence electrons. The third-order valence-corrected chi connectivity index (χ3v) is 4.96. The van der Waals surface area contributed by atoms with Gasteiger partial charge >= 0.3 is 0 Å². The van der Waals surface area contributed by atoms with Crippen molar-refractivity contribution < 1.29 is 4.79 Å². The number of amides is 1. The predicted octanol–water partition coefficient (Wildman–Crippen LogP) is 2.22. The van der Waals surface area contributed by atoms with Crippen LogP contribution < -0.4 is 0 Å². The molecule has 0 N–H and O–H groups in total. The molecule has 1 aromatic rings. The maximum atomic E-state index is 11.7. The molecule has 0 radical (unpaired) electrons. The Labute approximate surface area is 127 Å². The molecule has 2 saturated heterocycles. The van der Waals surface area contributed by atoms with Crippen LogP contribution in [0.3, 0.4) is 0 Å². The lowest BCUT2D eigenvalue weighted by Crippen LogP contribution is -2.46. The van der Waals surface area contributed by atoms with E-state index in [0.717, 1.165) is 50.5 Å². The van der Waals surface area contributed by atoms with E-state index in [1.54, 1.807) is 6.92 Å². The summed E-state index contributed by atoms with van der Waals surface area (Å²) < 4.78 is 0. The minimum Gasteiger partial charge on any atom is -0.342 e. The van der Waals surface area contributed by atoms with Crippen molar-refractivity contribution >= 4 is 5.91 Å². The van der Waals surface area contributed by atoms with Gasteiger partial charge < -0.3 is 4.90 Å². The second-order valence-electron chi connectivity index (χ2n) is 6.78. The van der Waals surface area contributed by atoms with Gasteiger partial charge in [0.25, 0.3) is 0 Å². The van der Waals surface area contributed by atoms with E-state index in [4.69, 9.17) is 0 Å². The first-order chi connectivity index (χ1) is 10.1. The summed E-state index contributed by atoms with van der Waals surface area (Å²) in [6.45, 7) is 8.79. The summed E-state index contributed by atoms with van der Waals surface area (Å²) in [5.41, 5.74) is 2.57. The zero-order chi connectivity index (χ0) is 14.9. The third kappa shape index (κ3) is 3.26. The van der Waals surface area contributed by atoms with Crippen molar-refractivity contribution in [2.24, 2.45) is 5.41 Å². The second-order valence-corrected chi connectivity index (χ2v) is 6.78. The number of pyridine rings is 1. The molecule has 3 heterocycles. The minimum absolute atomic E-state index is 0.230. The van der Waals surface area contributed by atoms with E-state index in [1.807, 2.05) is 17.9 Å². The molecule has 0 unspecified atom stereocenters. The van der Waals surface area contributed by atoms with Gasteiger partial charge in [-0.05, 0) is 44.9 Å². The van der Waals surface area contributed by atoms with Crippen LogP contribution in [-0.4, -0.2) is 46.9 Å². The number of carbonyl (C=O) groups excluding carboxylic acids is 1. The van der Waals surface area contributed by atoms with E-state index < -0.39 is 0 Å². The zero-order valence-corrected chi connectivity index (χ0v) is 13.1. The number of rotatable bonds is 2. The van der Waals surface area contributed by atoms with Gasteiger partial charge in [0.05, 0.1) is 5.69 Å². The number of piperidine rings is 1. The van der Waals surface area contributed by atoms with Crippen molar-refractivity contribution in [3.63, 3.8) is 0 Å². The molecule has 1 amide bonds. The van der Waals surface area contributed by atoms with Gasteiger partial charge in [0.15, 0.2) is 0 Å². The molecular weight excluding hydrogens is 262 g/mol. The first-order valence-electron chi connectivity index (χ1n) is 7.97. The Morgan fingerprint density at radius 1 is 1.29 bits per heavy atom. The van der Waals surface area contributed by atoms with E-state index in [2.05, 4.69) is 22.0 Å². The highest BCUT2D eigenvalue weighted by molar-refractivity contribution is 5.73. The van der Waals surface area contributed by atoms with Crippen LogP contribution >= 0.6 is 0 Å². The SMILES string of the molecule is CC(=O)N1CCC[C@@]2(CCN(Cc3cccc(C)n3)C2)C1. The maximum Gasteiger partial charge on any atom is 0.219 e. The van der Waals surface area contributed by atoms with E-state index in [0.29, 0.717) is 5.41 Å². The Kier molecular flexibility index (Phi) is 3.98. The summed E-state index contributed by atoms with van der Waals surface area (Å²) >= 11 is 0. The molecule has 1 spiro atoms. The fraction of sp³-hybridized carbons (Fsp3) is 0.647. The Morgan fingerprint density at radius 3 is 2.90 bits per heavy atom. The Bertz CT molecular complexity index is 531. The fourth-order valence-corrected chi connectivity index (χ4v) is 3.89. The largest absolute Gasteiger partial charge is 0.342 e. The highest BCUT2D eigenvalue weighted by Crippen LogP contribution is 2.39. The molecule has 0 saturated carbocycles. The molecule has 1 atom stereocenters. The van der Waals surface area contributed by atoms with Gasteiger partial charge in [-0.1, -0.05) is 6.07 Å². The monoisotopic (exact) mass is 287 g/mol. The molecular formula is C17H25N3O. The van der Waals surface area contributed by atoms with E-state index in [1.165, 1.54) is 12.8 Å². The van der Waals surface area contributed by atoms with Gasteiger partial charge in [-0.2, -0.15) is 0 Å². The Hall–Kier alpha value is -1.42. The van der Waals surface area contributed by atoms with Gasteiger partial charge in [0.2, 0.25) is 5.91 Å². The summed E-state index contributed by atoms with van der Waals surface area (Å²) in [4.78, 5) is 20.8. The highest BCUT2D eigenvalue weighted by atomic mass is 16.2. The second kappa shape index (κ2) is 5.76. The van der Waals surface area contributed by atoms with Crippen LogP contribution in [0.15, 0.2) is 18.2 Å². The average molecular weight is 287 g/mol. The van der Waals surface area contributed by atoms with Crippen molar-refractivity contribution in [1.29, 1.82) is 0 Å². The predicted molar refractivity (Wildman–Crippen MR) is 82.8 cm³/mol. The van der Waals surface area contributed by atoms with Gasteiger partial charge in [-0.25, -0.2) is 0 Å². The highest BCUT2D eigenvalue weighted by Gasteiger charge is 2.41. The Balaban J connectivity index is 1.63. The fourth-order valence-electron chi connectivity index (χ4n) is 3.89. The van der Waals surface area contributed by atoms with Crippen LogP contribution in [-0.2, 0) is 11.3 Å². The molecule has 21 heavy (non-hydrogen) atoms. The number of nitrogens with zero attached hydrogens (tertiary/aromatic N) is 3. The minimum atomic E-state index is 0.230. The van der Waals surface area contributed by atoms with E-state index >= 15 is 0 Å². The normalized spacial score (nSPS) is 26.5. The van der Waals surface area contributed by atoms with Crippen molar-refractivity contribution in [3.8, 4) is 0 Å². The van der Waals surface area contributed by atoms with Crippen molar-refractivity contribution in [2.75, 3.05) is 26.2 Å². The molecule has 0 bridgehead atoms. The third-order valence-electron chi connectivity index (χ3n) is 4.96. The lowest BCUT2D eigenvalue weighted by atomic mass is 9.79. The molecule has 2 fully saturated rings. The smallest absolute Gasteiger partial charge is 0.219 e. The summed E-state index contributed by atoms with van der Waals surface area (Å²) in [7, 11) is 0. The molecule has 1 aromatic heterocycles. The molecule has 0 aromatic carbocycles. The van der Waals surface area contributed by atoms with Crippen LogP contribution in [0, 0.1) is 12.3 Å². The van der Waals surface area contributed by atoms with E-state index in [-0.39, 0.29) is 5.91 Å². The summed E-state index contributed by atoms with van der Waals surface area (Å²) in [5.74, 6) is 0.230. The first kappa shape index (κ1) is 14.5. The molecule has 2 aliphatic rings. The molecule has 0 aliphatic carbocycles. The van der Waals surface area contributed by atoms with Crippen LogP contribution in [0.5, 0.6) is 0 Å². The topological polar surface area (TPSA) is 36.4 Å². The summed E-state index contributed by atoms with van der Waals surface area (Å²) in [6, 6.07) is 6.24. The number of hydrogen-bond donors (Lipinski definition) is 0. The number of likely N-dealkylation sites (tertiary alicyclic amines) is 2. The first-order valence-corrected chi connectivity index (χ1v) is 7.97. The average Bonchev–Trinajstić information content (AvgIpc) is 2.81. The summed E-state index contributed by atoms with van der Waals surface area (Å²) in [6.07, 6.45) is 3.62. The standard InChI is InChI=1S/C17H25N3O/c1-14-5-3-6-16(18-14)11-19-10-8-17(12-19)7-4-9-20(13-17)15(2)21/h3,5-6H,4,7-13H2,1-2H3/t17-/m0/s1. The van der Waals surface area contributed by atoms with Gasteiger partial charge in [0.1, 0.15) is 0 Å². The van der Waals surface area contributed by atoms with Crippen molar-refractivity contribution in [2.45, 2.75) is 39.7 Å². The molecule has 4 heteroatoms. The number of aromatic nitrogens is 1. The van der Waals surface area contributed by atoms with Crippen LogP contribution in [0.4, 0.5) is 0 Å². The van der Waals surface area contributed by atoms with Crippen LogP contribution in [0.1, 0.15) is 37.6 Å². The summed E-state index contributed by atoms with van der Waals surface area (Å²) in [5, 5.41) is 0. The van der Waals surface area contributed by atoms with Crippen LogP contribution in [0.25, 0.3) is 0 Å². The van der Waals surface area contributed by atoms with Crippen molar-refractivity contribution in [1.82, 2.24) is 14.8 Å². The molecule has 3 rings (SSSR count). The van der Waals surface area contributed by atoms with E-state index in [9.17, 15) is 4.79 Å². The Morgan fingerprint density at radius 2 is 2.14 bits per heavy atom. The van der Waals surface area contributed by atoms with Gasteiger partial charge in [-0.3, -0.25) is 14.7 Å². The lowest BCUT2D eigenvalue weighted by Gasteiger charge is -2.40.